The predicted octanol–water partition coefficient (Wildman–Crippen LogP) is 2.77. The second-order valence-corrected chi connectivity index (χ2v) is 5.58. The van der Waals surface area contributed by atoms with Crippen molar-refractivity contribution in [3.63, 3.8) is 0 Å². The zero-order chi connectivity index (χ0) is 15.9. The standard InChI is InChI=1S/C17H21N3O2/c1-13-4-3-9-20(11-13)12-14(10-18)17(21)19-15-5-7-16(22-2)8-6-15/h5-8,12-13H,3-4,9,11H2,1-2H3,(H,19,21)/b14-12-. The largest absolute Gasteiger partial charge is 0.497 e. The van der Waals surface area contributed by atoms with E-state index in [1.807, 2.05) is 6.07 Å². The summed E-state index contributed by atoms with van der Waals surface area (Å²) >= 11 is 0. The van der Waals surface area contributed by atoms with Gasteiger partial charge in [0, 0.05) is 25.0 Å². The molecular formula is C17H21N3O2. The zero-order valence-electron chi connectivity index (χ0n) is 13.0. The van der Waals surface area contributed by atoms with Gasteiger partial charge in [-0.3, -0.25) is 4.79 Å². The zero-order valence-corrected chi connectivity index (χ0v) is 13.0. The molecule has 0 saturated carbocycles. The number of nitriles is 1. The van der Waals surface area contributed by atoms with Crippen LogP contribution in [-0.2, 0) is 4.79 Å². The van der Waals surface area contributed by atoms with E-state index in [-0.39, 0.29) is 11.5 Å². The first-order chi connectivity index (χ1) is 10.6. The second kappa shape index (κ2) is 7.51. The number of ether oxygens (including phenoxy) is 1. The van der Waals surface area contributed by atoms with Crippen LogP contribution < -0.4 is 10.1 Å². The Kier molecular flexibility index (Phi) is 5.42. The number of hydrogen-bond acceptors (Lipinski definition) is 4. The summed E-state index contributed by atoms with van der Waals surface area (Å²) in [4.78, 5) is 14.2. The lowest BCUT2D eigenvalue weighted by atomic mass is 10.0. The van der Waals surface area contributed by atoms with Gasteiger partial charge in [-0.15, -0.1) is 0 Å². The minimum absolute atomic E-state index is 0.130. The first-order valence-corrected chi connectivity index (χ1v) is 7.43. The van der Waals surface area contributed by atoms with Gasteiger partial charge in [0.15, 0.2) is 0 Å². The summed E-state index contributed by atoms with van der Waals surface area (Å²) < 4.78 is 5.07. The van der Waals surface area contributed by atoms with E-state index in [1.54, 1.807) is 37.6 Å². The van der Waals surface area contributed by atoms with Crippen molar-refractivity contribution < 1.29 is 9.53 Å². The van der Waals surface area contributed by atoms with Crippen molar-refractivity contribution in [2.24, 2.45) is 5.92 Å². The number of benzene rings is 1. The van der Waals surface area contributed by atoms with Crippen LogP contribution in [0.2, 0.25) is 0 Å². The van der Waals surface area contributed by atoms with E-state index in [0.717, 1.165) is 25.3 Å². The molecule has 0 bridgehead atoms. The van der Waals surface area contributed by atoms with Crippen molar-refractivity contribution in [1.82, 2.24) is 4.90 Å². The molecule has 1 atom stereocenters. The molecule has 1 saturated heterocycles. The summed E-state index contributed by atoms with van der Waals surface area (Å²) in [6.07, 6.45) is 3.97. The summed E-state index contributed by atoms with van der Waals surface area (Å²) in [6.45, 7) is 3.97. The topological polar surface area (TPSA) is 65.4 Å². The molecule has 116 valence electrons. The maximum absolute atomic E-state index is 12.2. The summed E-state index contributed by atoms with van der Waals surface area (Å²) in [5.41, 5.74) is 0.767. The quantitative estimate of drug-likeness (QED) is 0.686. The predicted molar refractivity (Wildman–Crippen MR) is 85.3 cm³/mol. The van der Waals surface area contributed by atoms with Crippen LogP contribution in [0.1, 0.15) is 19.8 Å². The lowest BCUT2D eigenvalue weighted by molar-refractivity contribution is -0.112. The Labute approximate surface area is 131 Å². The summed E-state index contributed by atoms with van der Waals surface area (Å²) in [7, 11) is 1.59. The van der Waals surface area contributed by atoms with E-state index in [9.17, 15) is 10.1 Å². The molecule has 1 aromatic rings. The smallest absolute Gasteiger partial charge is 0.267 e. The van der Waals surface area contributed by atoms with Gasteiger partial charge in [-0.1, -0.05) is 6.92 Å². The molecule has 5 nitrogen and oxygen atoms in total. The van der Waals surface area contributed by atoms with E-state index >= 15 is 0 Å². The SMILES string of the molecule is COc1ccc(NC(=O)/C(C#N)=C\N2CCCC(C)C2)cc1. The van der Waals surface area contributed by atoms with Crippen LogP contribution in [0.3, 0.4) is 0 Å². The maximum Gasteiger partial charge on any atom is 0.267 e. The number of rotatable bonds is 4. The fourth-order valence-electron chi connectivity index (χ4n) is 2.54. The molecule has 0 spiro atoms. The van der Waals surface area contributed by atoms with E-state index in [2.05, 4.69) is 17.1 Å². The Balaban J connectivity index is 2.03. The number of hydrogen-bond donors (Lipinski definition) is 1. The highest BCUT2D eigenvalue weighted by Crippen LogP contribution is 2.18. The molecule has 0 radical (unpaired) electrons. The average molecular weight is 299 g/mol. The molecule has 22 heavy (non-hydrogen) atoms. The number of carbonyl (C=O) groups excluding carboxylic acids is 1. The van der Waals surface area contributed by atoms with Gasteiger partial charge < -0.3 is 15.0 Å². The fraction of sp³-hybridized carbons (Fsp3) is 0.412. The Bertz CT molecular complexity index is 587. The fourth-order valence-corrected chi connectivity index (χ4v) is 2.54. The van der Waals surface area contributed by atoms with Crippen LogP contribution in [0.15, 0.2) is 36.0 Å². The van der Waals surface area contributed by atoms with Gasteiger partial charge >= 0.3 is 0 Å². The minimum atomic E-state index is -0.383. The van der Waals surface area contributed by atoms with Gasteiger partial charge in [0.2, 0.25) is 0 Å². The molecule has 1 N–H and O–H groups in total. The first-order valence-electron chi connectivity index (χ1n) is 7.43. The van der Waals surface area contributed by atoms with Crippen molar-refractivity contribution in [3.8, 4) is 11.8 Å². The van der Waals surface area contributed by atoms with Crippen molar-refractivity contribution in [1.29, 1.82) is 5.26 Å². The van der Waals surface area contributed by atoms with Crippen LogP contribution in [0.5, 0.6) is 5.75 Å². The van der Waals surface area contributed by atoms with Crippen LogP contribution in [-0.4, -0.2) is 31.0 Å². The van der Waals surface area contributed by atoms with E-state index in [1.165, 1.54) is 6.42 Å². The van der Waals surface area contributed by atoms with Gasteiger partial charge in [0.1, 0.15) is 17.4 Å². The molecule has 1 aromatic carbocycles. The second-order valence-electron chi connectivity index (χ2n) is 5.58. The molecule has 1 aliphatic heterocycles. The highest BCUT2D eigenvalue weighted by Gasteiger charge is 2.16. The van der Waals surface area contributed by atoms with Gasteiger partial charge in [-0.2, -0.15) is 5.26 Å². The molecule has 1 unspecified atom stereocenters. The Hall–Kier alpha value is -2.48. The summed E-state index contributed by atoms with van der Waals surface area (Å²) in [6, 6.07) is 9.00. The van der Waals surface area contributed by atoms with Gasteiger partial charge in [0.05, 0.1) is 7.11 Å². The number of carbonyl (C=O) groups is 1. The third-order valence-electron chi connectivity index (χ3n) is 3.71. The molecule has 1 aliphatic rings. The molecular weight excluding hydrogens is 278 g/mol. The van der Waals surface area contributed by atoms with Crippen molar-refractivity contribution >= 4 is 11.6 Å². The number of likely N-dealkylation sites (tertiary alicyclic amines) is 1. The average Bonchev–Trinajstić information content (AvgIpc) is 2.53. The molecule has 5 heteroatoms. The van der Waals surface area contributed by atoms with E-state index in [4.69, 9.17) is 4.74 Å². The number of nitrogens with one attached hydrogen (secondary N) is 1. The highest BCUT2D eigenvalue weighted by atomic mass is 16.5. The van der Waals surface area contributed by atoms with Gasteiger partial charge in [-0.25, -0.2) is 0 Å². The van der Waals surface area contributed by atoms with Crippen LogP contribution in [0.25, 0.3) is 0 Å². The van der Waals surface area contributed by atoms with E-state index < -0.39 is 0 Å². The molecule has 1 amide bonds. The third kappa shape index (κ3) is 4.26. The molecule has 0 aromatic heterocycles. The Morgan fingerprint density at radius 1 is 1.45 bits per heavy atom. The molecule has 1 heterocycles. The Morgan fingerprint density at radius 3 is 2.77 bits per heavy atom. The van der Waals surface area contributed by atoms with Crippen molar-refractivity contribution in [2.45, 2.75) is 19.8 Å². The normalized spacial score (nSPS) is 18.5. The minimum Gasteiger partial charge on any atom is -0.497 e. The third-order valence-corrected chi connectivity index (χ3v) is 3.71. The van der Waals surface area contributed by atoms with Crippen molar-refractivity contribution in [3.05, 3.63) is 36.0 Å². The number of nitrogens with zero attached hydrogens (tertiary/aromatic N) is 2. The lowest BCUT2D eigenvalue weighted by Gasteiger charge is -2.29. The van der Waals surface area contributed by atoms with Gasteiger partial charge in [-0.05, 0) is 43.0 Å². The number of amides is 1. The summed E-state index contributed by atoms with van der Waals surface area (Å²) in [5, 5.41) is 12.0. The Morgan fingerprint density at radius 2 is 2.18 bits per heavy atom. The van der Waals surface area contributed by atoms with Crippen LogP contribution in [0.4, 0.5) is 5.69 Å². The number of methoxy groups -OCH3 is 1. The molecule has 0 aliphatic carbocycles. The maximum atomic E-state index is 12.2. The van der Waals surface area contributed by atoms with Gasteiger partial charge in [0.25, 0.3) is 5.91 Å². The highest BCUT2D eigenvalue weighted by molar-refractivity contribution is 6.06. The van der Waals surface area contributed by atoms with Crippen LogP contribution in [0, 0.1) is 17.2 Å². The number of piperidine rings is 1. The monoisotopic (exact) mass is 299 g/mol. The lowest BCUT2D eigenvalue weighted by Crippen LogP contribution is -2.31. The van der Waals surface area contributed by atoms with E-state index in [0.29, 0.717) is 11.6 Å². The number of anilines is 1. The van der Waals surface area contributed by atoms with Crippen LogP contribution >= 0.6 is 0 Å². The first kappa shape index (κ1) is 15.9. The molecule has 1 fully saturated rings. The summed E-state index contributed by atoms with van der Waals surface area (Å²) in [5.74, 6) is 0.928. The van der Waals surface area contributed by atoms with Crippen molar-refractivity contribution in [2.75, 3.05) is 25.5 Å². The molecule has 2 rings (SSSR count).